The van der Waals surface area contributed by atoms with Crippen LogP contribution in [0.25, 0.3) is 0 Å². The molecule has 2 rings (SSSR count). The van der Waals surface area contributed by atoms with E-state index < -0.39 is 16.2 Å². The molecule has 1 heterocycles. The Labute approximate surface area is 121 Å². The summed E-state index contributed by atoms with van der Waals surface area (Å²) in [5, 5.41) is 16.5. The van der Waals surface area contributed by atoms with Crippen molar-refractivity contribution in [2.45, 2.75) is 26.2 Å². The van der Waals surface area contributed by atoms with Crippen molar-refractivity contribution < 1.29 is 14.1 Å². The summed E-state index contributed by atoms with van der Waals surface area (Å²) < 4.78 is 13.4. The zero-order valence-electron chi connectivity index (χ0n) is 11.8. The van der Waals surface area contributed by atoms with Gasteiger partial charge in [-0.2, -0.15) is 0 Å². The number of nitro benzene ring substituents is 1. The van der Waals surface area contributed by atoms with Crippen LogP contribution in [0.3, 0.4) is 0 Å². The molecule has 7 heteroatoms. The van der Waals surface area contributed by atoms with E-state index in [1.54, 1.807) is 0 Å². The van der Waals surface area contributed by atoms with Gasteiger partial charge in [0.15, 0.2) is 0 Å². The van der Waals surface area contributed by atoms with E-state index in [0.29, 0.717) is 13.0 Å². The summed E-state index contributed by atoms with van der Waals surface area (Å²) in [6, 6.07) is 3.08. The third kappa shape index (κ3) is 3.36. The van der Waals surface area contributed by atoms with Crippen molar-refractivity contribution in [3.8, 4) is 0 Å². The summed E-state index contributed by atoms with van der Waals surface area (Å²) in [6.45, 7) is 3.37. The van der Waals surface area contributed by atoms with Crippen LogP contribution in [-0.2, 0) is 4.79 Å². The highest BCUT2D eigenvalue weighted by Crippen LogP contribution is 2.32. The normalized spacial score (nSPS) is 21.8. The van der Waals surface area contributed by atoms with Gasteiger partial charge in [-0.3, -0.25) is 14.9 Å². The number of carbonyl (C=O) groups is 1. The molecule has 6 nitrogen and oxygen atoms in total. The van der Waals surface area contributed by atoms with E-state index in [4.69, 9.17) is 0 Å². The molecular formula is C14H18FN3O3. The molecule has 1 aromatic rings. The Morgan fingerprint density at radius 1 is 1.52 bits per heavy atom. The number of halogens is 1. The maximum Gasteiger partial charge on any atom is 0.274 e. The number of nitrogens with zero attached hydrogens (tertiary/aromatic N) is 1. The maximum absolute atomic E-state index is 13.4. The van der Waals surface area contributed by atoms with Crippen molar-refractivity contribution in [1.29, 1.82) is 0 Å². The first-order valence-electron chi connectivity index (χ1n) is 6.94. The fraction of sp³-hybridized carbons (Fsp3) is 0.500. The number of benzene rings is 1. The van der Waals surface area contributed by atoms with Crippen LogP contribution < -0.4 is 10.6 Å². The lowest BCUT2D eigenvalue weighted by molar-refractivity contribution is -0.385. The summed E-state index contributed by atoms with van der Waals surface area (Å²) in [5.74, 6) is -0.969. The molecule has 1 aliphatic heterocycles. The summed E-state index contributed by atoms with van der Waals surface area (Å²) >= 11 is 0. The van der Waals surface area contributed by atoms with E-state index in [2.05, 4.69) is 10.6 Å². The number of anilines is 1. The van der Waals surface area contributed by atoms with E-state index in [1.807, 2.05) is 6.92 Å². The van der Waals surface area contributed by atoms with Crippen molar-refractivity contribution in [3.05, 3.63) is 34.1 Å². The fourth-order valence-corrected chi connectivity index (χ4v) is 2.64. The highest BCUT2D eigenvalue weighted by molar-refractivity contribution is 5.95. The number of piperidine rings is 1. The van der Waals surface area contributed by atoms with Crippen LogP contribution in [0, 0.1) is 21.3 Å². The second kappa shape index (κ2) is 6.17. The monoisotopic (exact) mass is 295 g/mol. The predicted molar refractivity (Wildman–Crippen MR) is 76.5 cm³/mol. The van der Waals surface area contributed by atoms with Crippen LogP contribution in [0.4, 0.5) is 15.8 Å². The Kier molecular flexibility index (Phi) is 4.52. The quantitative estimate of drug-likeness (QED) is 0.660. The molecule has 1 atom stereocenters. The third-order valence-electron chi connectivity index (χ3n) is 3.98. The predicted octanol–water partition coefficient (Wildman–Crippen LogP) is 2.45. The number of non-ortho nitro benzene ring substituents is 1. The number of hydrogen-bond acceptors (Lipinski definition) is 4. The van der Waals surface area contributed by atoms with Crippen LogP contribution in [0.1, 0.15) is 26.2 Å². The van der Waals surface area contributed by atoms with Gasteiger partial charge in [0.2, 0.25) is 5.91 Å². The molecule has 0 aromatic heterocycles. The summed E-state index contributed by atoms with van der Waals surface area (Å²) in [4.78, 5) is 22.5. The summed E-state index contributed by atoms with van der Waals surface area (Å²) in [5.41, 5.74) is -0.804. The van der Waals surface area contributed by atoms with E-state index in [0.717, 1.165) is 31.5 Å². The first kappa shape index (κ1) is 15.4. The number of nitrogens with one attached hydrogen (secondary N) is 2. The smallest absolute Gasteiger partial charge is 0.274 e. The molecule has 0 spiro atoms. The molecule has 0 aliphatic carbocycles. The van der Waals surface area contributed by atoms with Crippen molar-refractivity contribution in [2.24, 2.45) is 5.41 Å². The van der Waals surface area contributed by atoms with Crippen LogP contribution in [0.5, 0.6) is 0 Å². The van der Waals surface area contributed by atoms with Crippen LogP contribution >= 0.6 is 0 Å². The maximum atomic E-state index is 13.4. The van der Waals surface area contributed by atoms with Gasteiger partial charge in [-0.15, -0.1) is 0 Å². The summed E-state index contributed by atoms with van der Waals surface area (Å²) in [6.07, 6.45) is 2.30. The number of rotatable bonds is 4. The second-order valence-corrected chi connectivity index (χ2v) is 5.32. The van der Waals surface area contributed by atoms with Crippen LogP contribution in [0.15, 0.2) is 18.2 Å². The molecule has 1 unspecified atom stereocenters. The lowest BCUT2D eigenvalue weighted by Crippen LogP contribution is -2.47. The van der Waals surface area contributed by atoms with Gasteiger partial charge in [-0.1, -0.05) is 6.92 Å². The van der Waals surface area contributed by atoms with E-state index in [1.165, 1.54) is 6.07 Å². The Morgan fingerprint density at radius 2 is 2.29 bits per heavy atom. The van der Waals surface area contributed by atoms with Gasteiger partial charge >= 0.3 is 0 Å². The van der Waals surface area contributed by atoms with Crippen molar-refractivity contribution >= 4 is 17.3 Å². The molecule has 114 valence electrons. The molecule has 0 bridgehead atoms. The molecule has 0 radical (unpaired) electrons. The Morgan fingerprint density at radius 3 is 2.86 bits per heavy atom. The molecule has 1 saturated heterocycles. The minimum Gasteiger partial charge on any atom is -0.325 e. The van der Waals surface area contributed by atoms with Gasteiger partial charge in [0.05, 0.1) is 22.1 Å². The highest BCUT2D eigenvalue weighted by Gasteiger charge is 2.37. The Bertz CT molecular complexity index is 556. The average Bonchev–Trinajstić information content (AvgIpc) is 2.47. The van der Waals surface area contributed by atoms with Gasteiger partial charge in [-0.05, 0) is 31.9 Å². The van der Waals surface area contributed by atoms with Crippen LogP contribution in [-0.4, -0.2) is 23.9 Å². The topological polar surface area (TPSA) is 84.3 Å². The lowest BCUT2D eigenvalue weighted by Gasteiger charge is -2.35. The molecule has 1 aromatic carbocycles. The molecule has 21 heavy (non-hydrogen) atoms. The summed E-state index contributed by atoms with van der Waals surface area (Å²) in [7, 11) is 0. The standard InChI is InChI=1S/C14H18FN3O3/c1-2-14(4-3-5-16-9-14)13(19)17-11-6-10(15)7-12(8-11)18(20)21/h6-8,16H,2-5,9H2,1H3,(H,17,19). The average molecular weight is 295 g/mol. The van der Waals surface area contributed by atoms with Gasteiger partial charge in [-0.25, -0.2) is 4.39 Å². The van der Waals surface area contributed by atoms with E-state index in [-0.39, 0.29) is 17.3 Å². The number of hydrogen-bond donors (Lipinski definition) is 2. The molecular weight excluding hydrogens is 277 g/mol. The van der Waals surface area contributed by atoms with Gasteiger partial charge in [0, 0.05) is 12.6 Å². The molecule has 1 amide bonds. The number of carbonyl (C=O) groups excluding carboxylic acids is 1. The number of amides is 1. The first-order valence-corrected chi connectivity index (χ1v) is 6.94. The fourth-order valence-electron chi connectivity index (χ4n) is 2.64. The zero-order chi connectivity index (χ0) is 15.5. The Hall–Kier alpha value is -2.02. The van der Waals surface area contributed by atoms with Gasteiger partial charge in [0.1, 0.15) is 5.82 Å². The van der Waals surface area contributed by atoms with Crippen molar-refractivity contribution in [2.75, 3.05) is 18.4 Å². The Balaban J connectivity index is 2.20. The third-order valence-corrected chi connectivity index (χ3v) is 3.98. The van der Waals surface area contributed by atoms with Gasteiger partial charge in [0.25, 0.3) is 5.69 Å². The van der Waals surface area contributed by atoms with E-state index in [9.17, 15) is 19.3 Å². The molecule has 2 N–H and O–H groups in total. The largest absolute Gasteiger partial charge is 0.325 e. The van der Waals surface area contributed by atoms with Crippen molar-refractivity contribution in [1.82, 2.24) is 5.32 Å². The highest BCUT2D eigenvalue weighted by atomic mass is 19.1. The number of nitro groups is 1. The zero-order valence-corrected chi connectivity index (χ0v) is 11.8. The first-order chi connectivity index (χ1) is 9.97. The van der Waals surface area contributed by atoms with E-state index >= 15 is 0 Å². The minimum absolute atomic E-state index is 0.116. The SMILES string of the molecule is CCC1(C(=O)Nc2cc(F)cc([N+](=O)[O-])c2)CCCNC1. The van der Waals surface area contributed by atoms with Gasteiger partial charge < -0.3 is 10.6 Å². The van der Waals surface area contributed by atoms with Crippen LogP contribution in [0.2, 0.25) is 0 Å². The lowest BCUT2D eigenvalue weighted by atomic mass is 9.77. The second-order valence-electron chi connectivity index (χ2n) is 5.32. The van der Waals surface area contributed by atoms with Crippen molar-refractivity contribution in [3.63, 3.8) is 0 Å². The molecule has 1 fully saturated rings. The molecule has 0 saturated carbocycles. The molecule has 1 aliphatic rings. The minimum atomic E-state index is -0.744.